The topological polar surface area (TPSA) is 110 Å². The maximum Gasteiger partial charge on any atom is 0.410 e. The molecule has 276 valence electrons. The summed E-state index contributed by atoms with van der Waals surface area (Å²) in [6.07, 6.45) is 1.29. The van der Waals surface area contributed by atoms with Crippen molar-refractivity contribution in [1.29, 1.82) is 0 Å². The quantitative estimate of drug-likeness (QED) is 0.273. The Bertz CT molecular complexity index is 1850. The van der Waals surface area contributed by atoms with Crippen LogP contribution in [-0.2, 0) is 23.9 Å². The molecule has 2 aliphatic heterocycles. The molecule has 4 aliphatic rings. The first kappa shape index (κ1) is 40.5. The Morgan fingerprint density at radius 2 is 1.04 bits per heavy atom. The molecule has 2 aromatic carbocycles. The van der Waals surface area contributed by atoms with Gasteiger partial charge in [-0.15, -0.1) is 24.2 Å². The van der Waals surface area contributed by atoms with Crippen molar-refractivity contribution in [2.75, 3.05) is 26.2 Å². The zero-order valence-corrected chi connectivity index (χ0v) is 32.7. The molecule has 8 nitrogen and oxygen atoms in total. The highest BCUT2D eigenvalue weighted by atomic mass is 35.5. The third kappa shape index (κ3) is 8.35. The van der Waals surface area contributed by atoms with Crippen molar-refractivity contribution in [3.05, 3.63) is 68.8 Å². The Labute approximate surface area is 314 Å². The van der Waals surface area contributed by atoms with E-state index in [1.54, 1.807) is 18.7 Å². The van der Waals surface area contributed by atoms with Crippen LogP contribution in [0, 0.1) is 62.2 Å². The number of aryl methyl sites for hydroxylation is 4. The SMILES string of the molecule is CC#Cc1cc(C)c(C2C(=O)CC3(CC2=O)CN(C(=O)OC(C)(C)C)C3)c(C)c1.CC#Cc1cc(C)c(C2C(=O)CC3(CNC3)CC2=O)c(C)c1.Cl. The summed E-state index contributed by atoms with van der Waals surface area (Å²) >= 11 is 0. The summed E-state index contributed by atoms with van der Waals surface area (Å²) < 4.78 is 5.39. The number of ketones is 4. The van der Waals surface area contributed by atoms with E-state index in [4.69, 9.17) is 4.74 Å². The smallest absolute Gasteiger partial charge is 0.410 e. The van der Waals surface area contributed by atoms with Gasteiger partial charge in [-0.1, -0.05) is 11.8 Å². The molecule has 2 saturated heterocycles. The molecule has 2 aliphatic carbocycles. The van der Waals surface area contributed by atoms with Gasteiger partial charge in [0.05, 0.1) is 0 Å². The first-order chi connectivity index (χ1) is 23.9. The number of likely N-dealkylation sites (tertiary alicyclic amines) is 1. The fraction of sp³-hybridized carbons (Fsp3) is 0.512. The number of amides is 1. The summed E-state index contributed by atoms with van der Waals surface area (Å²) in [7, 11) is 0. The van der Waals surface area contributed by atoms with E-state index in [2.05, 4.69) is 29.0 Å². The van der Waals surface area contributed by atoms with Crippen molar-refractivity contribution in [2.45, 2.75) is 105 Å². The number of hydrogen-bond donors (Lipinski definition) is 1. The largest absolute Gasteiger partial charge is 0.444 e. The number of nitrogens with zero attached hydrogens (tertiary/aromatic N) is 1. The summed E-state index contributed by atoms with van der Waals surface area (Å²) in [6, 6.07) is 7.85. The van der Waals surface area contributed by atoms with E-state index in [9.17, 15) is 24.0 Å². The number of Topliss-reactive ketones (excluding diaryl/α,β-unsaturated/α-hetero) is 4. The van der Waals surface area contributed by atoms with Crippen LogP contribution in [0.3, 0.4) is 0 Å². The highest BCUT2D eigenvalue weighted by molar-refractivity contribution is 6.11. The number of ether oxygens (including phenoxy) is 1. The van der Waals surface area contributed by atoms with Crippen LogP contribution >= 0.6 is 12.4 Å². The van der Waals surface area contributed by atoms with Crippen molar-refractivity contribution >= 4 is 41.6 Å². The Balaban J connectivity index is 0.000000236. The Morgan fingerprint density at radius 3 is 1.33 bits per heavy atom. The number of halogens is 1. The lowest BCUT2D eigenvalue weighted by atomic mass is 9.63. The van der Waals surface area contributed by atoms with E-state index in [1.165, 1.54) is 0 Å². The third-order valence-corrected chi connectivity index (χ3v) is 10.5. The minimum atomic E-state index is -0.708. The molecule has 52 heavy (non-hydrogen) atoms. The van der Waals surface area contributed by atoms with Crippen LogP contribution < -0.4 is 5.32 Å². The first-order valence-corrected chi connectivity index (χ1v) is 17.8. The van der Waals surface area contributed by atoms with Crippen molar-refractivity contribution in [3.8, 4) is 23.7 Å². The van der Waals surface area contributed by atoms with Gasteiger partial charge in [-0.05, 0) is 120 Å². The second-order valence-corrected chi connectivity index (χ2v) is 16.2. The molecule has 9 heteroatoms. The van der Waals surface area contributed by atoms with E-state index >= 15 is 0 Å². The van der Waals surface area contributed by atoms with E-state index in [1.807, 2.05) is 72.7 Å². The minimum Gasteiger partial charge on any atom is -0.444 e. The van der Waals surface area contributed by atoms with Gasteiger partial charge >= 0.3 is 6.09 Å². The van der Waals surface area contributed by atoms with Gasteiger partial charge in [-0.3, -0.25) is 19.2 Å². The summed E-state index contributed by atoms with van der Waals surface area (Å²) in [5.41, 5.74) is 6.30. The average Bonchev–Trinajstić information content (AvgIpc) is 2.96. The monoisotopic (exact) mass is 726 g/mol. The van der Waals surface area contributed by atoms with Crippen LogP contribution in [0.5, 0.6) is 0 Å². The average molecular weight is 727 g/mol. The number of carbonyl (C=O) groups is 5. The minimum absolute atomic E-state index is 0. The zero-order valence-electron chi connectivity index (χ0n) is 31.9. The summed E-state index contributed by atoms with van der Waals surface area (Å²) in [5.74, 6) is 10.6. The molecular formula is C43H51ClN2O6. The molecular weight excluding hydrogens is 676 g/mol. The van der Waals surface area contributed by atoms with Crippen LogP contribution in [0.25, 0.3) is 0 Å². The summed E-state index contributed by atoms with van der Waals surface area (Å²) in [6.45, 7) is 19.2. The molecule has 0 radical (unpaired) electrons. The Morgan fingerprint density at radius 1 is 0.692 bits per heavy atom. The molecule has 2 saturated carbocycles. The number of nitrogens with one attached hydrogen (secondary N) is 1. The standard InChI is InChI=1S/C24H29NO4.C19H21NO2.ClH/c1-7-8-17-9-15(2)20(16(3)10-17)21-18(26)11-24(12-19(21)27)13-25(14-24)22(28)29-23(4,5)6;1-4-5-14-6-12(2)17(13(3)7-14)18-15(21)8-19(9-16(18)22)10-20-11-19;/h9-10,21H,11-14H2,1-6H3;6-7,18,20H,8-11H2,1-3H3;1H. The lowest BCUT2D eigenvalue weighted by Gasteiger charge is -2.52. The van der Waals surface area contributed by atoms with Gasteiger partial charge in [0, 0.05) is 73.8 Å². The Hall–Kier alpha value is -4.24. The highest BCUT2D eigenvalue weighted by Crippen LogP contribution is 2.47. The van der Waals surface area contributed by atoms with Crippen LogP contribution in [-0.4, -0.2) is 65.9 Å². The van der Waals surface area contributed by atoms with Gasteiger partial charge in [0.25, 0.3) is 0 Å². The van der Waals surface area contributed by atoms with Gasteiger partial charge in [0.2, 0.25) is 0 Å². The second kappa shape index (κ2) is 15.4. The van der Waals surface area contributed by atoms with Gasteiger partial charge in [0.15, 0.2) is 0 Å². The van der Waals surface area contributed by atoms with Crippen LogP contribution in [0.1, 0.15) is 117 Å². The molecule has 0 aromatic heterocycles. The molecule has 2 heterocycles. The van der Waals surface area contributed by atoms with E-state index < -0.39 is 22.9 Å². The number of benzene rings is 2. The molecule has 4 fully saturated rings. The molecule has 2 aromatic rings. The highest BCUT2D eigenvalue weighted by Gasteiger charge is 2.54. The van der Waals surface area contributed by atoms with Crippen molar-refractivity contribution in [3.63, 3.8) is 0 Å². The normalized spacial score (nSPS) is 20.2. The zero-order chi connectivity index (χ0) is 37.5. The molecule has 0 bridgehead atoms. The van der Waals surface area contributed by atoms with E-state index in [0.717, 1.165) is 57.6 Å². The third-order valence-electron chi connectivity index (χ3n) is 10.5. The first-order valence-electron chi connectivity index (χ1n) is 17.8. The second-order valence-electron chi connectivity index (χ2n) is 16.2. The van der Waals surface area contributed by atoms with Crippen LogP contribution in [0.15, 0.2) is 24.3 Å². The number of hydrogen-bond acceptors (Lipinski definition) is 7. The summed E-state index contributed by atoms with van der Waals surface area (Å²) in [5, 5.41) is 3.19. The molecule has 0 atom stereocenters. The lowest BCUT2D eigenvalue weighted by Crippen LogP contribution is -2.62. The summed E-state index contributed by atoms with van der Waals surface area (Å²) in [4.78, 5) is 65.2. The molecule has 0 unspecified atom stereocenters. The number of rotatable bonds is 2. The maximum absolute atomic E-state index is 13.1. The van der Waals surface area contributed by atoms with Gasteiger partial charge in [0.1, 0.15) is 40.6 Å². The number of carbonyl (C=O) groups excluding carboxylic acids is 5. The molecule has 2 spiro atoms. The predicted molar refractivity (Wildman–Crippen MR) is 204 cm³/mol. The van der Waals surface area contributed by atoms with Crippen molar-refractivity contribution in [2.24, 2.45) is 10.8 Å². The van der Waals surface area contributed by atoms with Crippen LogP contribution in [0.2, 0.25) is 0 Å². The Kier molecular flexibility index (Phi) is 12.0. The van der Waals surface area contributed by atoms with Crippen LogP contribution in [0.4, 0.5) is 4.79 Å². The van der Waals surface area contributed by atoms with Gasteiger partial charge < -0.3 is 15.0 Å². The van der Waals surface area contributed by atoms with Crippen molar-refractivity contribution < 1.29 is 28.7 Å². The van der Waals surface area contributed by atoms with E-state index in [-0.39, 0.29) is 47.0 Å². The fourth-order valence-corrected chi connectivity index (χ4v) is 8.48. The lowest BCUT2D eigenvalue weighted by molar-refractivity contribution is -0.143. The molecule has 1 N–H and O–H groups in total. The van der Waals surface area contributed by atoms with Gasteiger partial charge in [-0.25, -0.2) is 4.79 Å². The fourth-order valence-electron chi connectivity index (χ4n) is 8.48. The van der Waals surface area contributed by atoms with E-state index in [0.29, 0.717) is 38.8 Å². The molecule has 6 rings (SSSR count). The van der Waals surface area contributed by atoms with Crippen molar-refractivity contribution in [1.82, 2.24) is 10.2 Å². The predicted octanol–water partition coefficient (Wildman–Crippen LogP) is 6.63. The van der Waals surface area contributed by atoms with Gasteiger partial charge in [-0.2, -0.15) is 0 Å². The molecule has 1 amide bonds. The maximum atomic E-state index is 13.1.